The number of benzene rings is 2. The summed E-state index contributed by atoms with van der Waals surface area (Å²) >= 11 is 6.16. The zero-order valence-electron chi connectivity index (χ0n) is 17.6. The molecule has 0 aliphatic heterocycles. The minimum Gasteiger partial charge on any atom is -0.463 e. The maximum Gasteiger partial charge on any atom is 0.274 e. The van der Waals surface area contributed by atoms with Crippen molar-refractivity contribution in [2.24, 2.45) is 0 Å². The number of amides is 2. The van der Waals surface area contributed by atoms with Crippen LogP contribution in [-0.4, -0.2) is 40.6 Å². The second-order valence-corrected chi connectivity index (χ2v) is 7.66. The molecule has 162 valence electrons. The normalized spacial score (nSPS) is 10.7. The van der Waals surface area contributed by atoms with Crippen LogP contribution in [0.3, 0.4) is 0 Å². The van der Waals surface area contributed by atoms with Crippen LogP contribution in [0, 0.1) is 0 Å². The highest BCUT2D eigenvalue weighted by Crippen LogP contribution is 2.26. The second kappa shape index (κ2) is 9.11. The SMILES string of the molecule is CNC(=O)c1ccc(CN(C)C(=O)c2cc(-c3ccco3)n(-c3cccc(Cl)c3)n2)cc1. The molecule has 0 radical (unpaired) electrons. The Morgan fingerprint density at radius 3 is 2.53 bits per heavy atom. The van der Waals surface area contributed by atoms with Crippen molar-refractivity contribution in [3.63, 3.8) is 0 Å². The van der Waals surface area contributed by atoms with Crippen LogP contribution in [0.4, 0.5) is 0 Å². The van der Waals surface area contributed by atoms with Gasteiger partial charge in [-0.15, -0.1) is 0 Å². The molecule has 32 heavy (non-hydrogen) atoms. The number of rotatable bonds is 6. The van der Waals surface area contributed by atoms with Gasteiger partial charge in [0.2, 0.25) is 0 Å². The van der Waals surface area contributed by atoms with E-state index in [1.54, 1.807) is 66.3 Å². The highest BCUT2D eigenvalue weighted by Gasteiger charge is 2.21. The Hall–Kier alpha value is -3.84. The van der Waals surface area contributed by atoms with Crippen LogP contribution in [0.25, 0.3) is 17.1 Å². The molecule has 0 aliphatic rings. The summed E-state index contributed by atoms with van der Waals surface area (Å²) < 4.78 is 7.19. The molecule has 2 heterocycles. The average Bonchev–Trinajstić information content (AvgIpc) is 3.48. The molecular formula is C24H21ClN4O3. The summed E-state index contributed by atoms with van der Waals surface area (Å²) in [7, 11) is 3.29. The molecule has 0 aliphatic carbocycles. The number of nitrogens with zero attached hydrogens (tertiary/aromatic N) is 3. The predicted octanol–water partition coefficient (Wildman–Crippen LogP) is 4.42. The Kier molecular flexibility index (Phi) is 6.09. The lowest BCUT2D eigenvalue weighted by atomic mass is 10.1. The van der Waals surface area contributed by atoms with E-state index in [0.29, 0.717) is 28.6 Å². The van der Waals surface area contributed by atoms with E-state index in [2.05, 4.69) is 10.4 Å². The first-order valence-corrected chi connectivity index (χ1v) is 10.3. The summed E-state index contributed by atoms with van der Waals surface area (Å²) in [5.74, 6) is 0.191. The third-order valence-electron chi connectivity index (χ3n) is 4.96. The number of carbonyl (C=O) groups excluding carboxylic acids is 2. The molecule has 2 amide bonds. The van der Waals surface area contributed by atoms with Crippen molar-refractivity contribution in [2.75, 3.05) is 14.1 Å². The van der Waals surface area contributed by atoms with E-state index in [4.69, 9.17) is 16.0 Å². The zero-order valence-corrected chi connectivity index (χ0v) is 18.3. The standard InChI is InChI=1S/C24H21ClN4O3/c1-26-23(30)17-10-8-16(9-11-17)15-28(2)24(31)20-14-21(22-7-4-12-32-22)29(27-20)19-6-3-5-18(25)13-19/h3-14H,15H2,1-2H3,(H,26,30). The van der Waals surface area contributed by atoms with Gasteiger partial charge in [-0.1, -0.05) is 29.8 Å². The lowest BCUT2D eigenvalue weighted by Gasteiger charge is -2.16. The summed E-state index contributed by atoms with van der Waals surface area (Å²) in [5.41, 5.74) is 3.10. The van der Waals surface area contributed by atoms with Gasteiger partial charge < -0.3 is 14.6 Å². The molecule has 2 aromatic heterocycles. The van der Waals surface area contributed by atoms with Crippen molar-refractivity contribution in [1.29, 1.82) is 0 Å². The van der Waals surface area contributed by atoms with E-state index in [0.717, 1.165) is 11.3 Å². The number of carbonyl (C=O) groups is 2. The molecule has 0 saturated heterocycles. The van der Waals surface area contributed by atoms with Crippen molar-refractivity contribution in [1.82, 2.24) is 20.0 Å². The largest absolute Gasteiger partial charge is 0.463 e. The minimum atomic E-state index is -0.242. The van der Waals surface area contributed by atoms with Crippen molar-refractivity contribution in [3.8, 4) is 17.1 Å². The van der Waals surface area contributed by atoms with Gasteiger partial charge in [0, 0.05) is 37.3 Å². The van der Waals surface area contributed by atoms with Crippen LogP contribution < -0.4 is 5.32 Å². The van der Waals surface area contributed by atoms with Gasteiger partial charge in [-0.3, -0.25) is 9.59 Å². The first-order valence-electron chi connectivity index (χ1n) is 9.92. The molecule has 4 rings (SSSR count). The Morgan fingerprint density at radius 2 is 1.88 bits per heavy atom. The van der Waals surface area contributed by atoms with Crippen molar-refractivity contribution in [2.45, 2.75) is 6.54 Å². The Labute approximate surface area is 190 Å². The summed E-state index contributed by atoms with van der Waals surface area (Å²) in [4.78, 5) is 26.4. The van der Waals surface area contributed by atoms with Gasteiger partial charge in [-0.25, -0.2) is 4.68 Å². The number of hydrogen-bond acceptors (Lipinski definition) is 4. The van der Waals surface area contributed by atoms with Crippen molar-refractivity contribution in [3.05, 3.63) is 94.8 Å². The van der Waals surface area contributed by atoms with E-state index < -0.39 is 0 Å². The maximum atomic E-state index is 13.1. The van der Waals surface area contributed by atoms with E-state index in [9.17, 15) is 9.59 Å². The fraction of sp³-hybridized carbons (Fsp3) is 0.125. The average molecular weight is 449 g/mol. The number of nitrogens with one attached hydrogen (secondary N) is 1. The predicted molar refractivity (Wildman–Crippen MR) is 122 cm³/mol. The first-order chi connectivity index (χ1) is 15.5. The molecule has 0 atom stereocenters. The molecule has 8 heteroatoms. The molecule has 1 N–H and O–H groups in total. The Morgan fingerprint density at radius 1 is 1.09 bits per heavy atom. The quantitative estimate of drug-likeness (QED) is 0.473. The number of hydrogen-bond donors (Lipinski definition) is 1. The highest BCUT2D eigenvalue weighted by molar-refractivity contribution is 6.30. The van der Waals surface area contributed by atoms with Crippen LogP contribution in [0.2, 0.25) is 5.02 Å². The molecule has 0 unspecified atom stereocenters. The lowest BCUT2D eigenvalue weighted by molar-refractivity contribution is 0.0778. The maximum absolute atomic E-state index is 13.1. The monoisotopic (exact) mass is 448 g/mol. The van der Waals surface area contributed by atoms with Gasteiger partial charge in [-0.2, -0.15) is 5.10 Å². The van der Waals surface area contributed by atoms with Gasteiger partial charge in [0.15, 0.2) is 11.5 Å². The summed E-state index contributed by atoms with van der Waals surface area (Å²) in [6, 6.07) is 19.6. The Bertz CT molecular complexity index is 1250. The molecule has 0 bridgehead atoms. The summed E-state index contributed by atoms with van der Waals surface area (Å²) in [6.07, 6.45) is 1.57. The summed E-state index contributed by atoms with van der Waals surface area (Å²) in [5, 5.41) is 7.69. The van der Waals surface area contributed by atoms with Gasteiger partial charge >= 0.3 is 0 Å². The van der Waals surface area contributed by atoms with Gasteiger partial charge in [0.1, 0.15) is 5.69 Å². The number of aromatic nitrogens is 2. The van der Waals surface area contributed by atoms with Crippen LogP contribution in [0.1, 0.15) is 26.4 Å². The minimum absolute atomic E-state index is 0.155. The van der Waals surface area contributed by atoms with Crippen molar-refractivity contribution < 1.29 is 14.0 Å². The van der Waals surface area contributed by atoms with Crippen LogP contribution in [0.15, 0.2) is 77.4 Å². The van der Waals surface area contributed by atoms with Crippen LogP contribution in [0.5, 0.6) is 0 Å². The third kappa shape index (κ3) is 4.43. The zero-order chi connectivity index (χ0) is 22.7. The molecule has 0 fully saturated rings. The third-order valence-corrected chi connectivity index (χ3v) is 5.20. The smallest absolute Gasteiger partial charge is 0.274 e. The molecule has 0 saturated carbocycles. The van der Waals surface area contributed by atoms with Crippen LogP contribution in [-0.2, 0) is 6.54 Å². The fourth-order valence-electron chi connectivity index (χ4n) is 3.34. The first kappa shape index (κ1) is 21.4. The summed E-state index contributed by atoms with van der Waals surface area (Å²) in [6.45, 7) is 0.368. The van der Waals surface area contributed by atoms with E-state index >= 15 is 0 Å². The molecule has 0 spiro atoms. The molecule has 4 aromatic rings. The van der Waals surface area contributed by atoms with Gasteiger partial charge in [0.05, 0.1) is 12.0 Å². The highest BCUT2D eigenvalue weighted by atomic mass is 35.5. The van der Waals surface area contributed by atoms with Crippen molar-refractivity contribution >= 4 is 23.4 Å². The second-order valence-electron chi connectivity index (χ2n) is 7.22. The molecule has 2 aromatic carbocycles. The number of halogens is 1. The topological polar surface area (TPSA) is 80.4 Å². The number of furan rings is 1. The van der Waals surface area contributed by atoms with Gasteiger partial charge in [-0.05, 0) is 48.0 Å². The fourth-order valence-corrected chi connectivity index (χ4v) is 3.52. The Balaban J connectivity index is 1.61. The van der Waals surface area contributed by atoms with E-state index in [1.165, 1.54) is 0 Å². The van der Waals surface area contributed by atoms with E-state index in [-0.39, 0.29) is 17.5 Å². The van der Waals surface area contributed by atoms with E-state index in [1.807, 2.05) is 30.3 Å². The van der Waals surface area contributed by atoms with Crippen LogP contribution >= 0.6 is 11.6 Å². The molecule has 7 nitrogen and oxygen atoms in total. The lowest BCUT2D eigenvalue weighted by Crippen LogP contribution is -2.26. The molecular weight excluding hydrogens is 428 g/mol. The van der Waals surface area contributed by atoms with Gasteiger partial charge in [0.25, 0.3) is 11.8 Å².